The van der Waals surface area contributed by atoms with Gasteiger partial charge in [0.25, 0.3) is 0 Å². The Hall–Kier alpha value is -3.43. The number of hydrogen-bond acceptors (Lipinski definition) is 4. The average molecular weight is 427 g/mol. The van der Waals surface area contributed by atoms with E-state index in [0.717, 1.165) is 16.5 Å². The van der Waals surface area contributed by atoms with Gasteiger partial charge in [-0.05, 0) is 42.4 Å². The Morgan fingerprint density at radius 2 is 1.83 bits per heavy atom. The summed E-state index contributed by atoms with van der Waals surface area (Å²) in [6.45, 7) is 0. The topological polar surface area (TPSA) is 128 Å². The number of benzene rings is 2. The van der Waals surface area contributed by atoms with Gasteiger partial charge in [0.1, 0.15) is 6.04 Å². The second kappa shape index (κ2) is 8.93. The lowest BCUT2D eigenvalue weighted by Gasteiger charge is -2.13. The molecule has 3 rings (SSSR count). The van der Waals surface area contributed by atoms with Gasteiger partial charge in [0, 0.05) is 29.6 Å². The third-order valence-electron chi connectivity index (χ3n) is 4.60. The summed E-state index contributed by atoms with van der Waals surface area (Å²) in [5.74, 6) is -1.70. The van der Waals surface area contributed by atoms with Crippen molar-refractivity contribution in [1.29, 1.82) is 0 Å². The van der Waals surface area contributed by atoms with Crippen molar-refractivity contribution >= 4 is 38.9 Å². The second-order valence-corrected chi connectivity index (χ2v) is 8.46. The number of rotatable bonds is 8. The van der Waals surface area contributed by atoms with Crippen LogP contribution in [0.2, 0.25) is 0 Å². The van der Waals surface area contributed by atoms with Gasteiger partial charge in [0.15, 0.2) is 0 Å². The van der Waals surface area contributed by atoms with Gasteiger partial charge in [-0.3, -0.25) is 4.79 Å². The maximum Gasteiger partial charge on any atom is 0.326 e. The molecule has 3 aromatic rings. The van der Waals surface area contributed by atoms with Crippen LogP contribution in [0.25, 0.3) is 17.0 Å². The average Bonchev–Trinajstić information content (AvgIpc) is 3.15. The Morgan fingerprint density at radius 1 is 1.13 bits per heavy atom. The van der Waals surface area contributed by atoms with E-state index in [2.05, 4.69) is 15.0 Å². The van der Waals surface area contributed by atoms with E-state index < -0.39 is 27.9 Å². The van der Waals surface area contributed by atoms with Crippen molar-refractivity contribution < 1.29 is 23.1 Å². The summed E-state index contributed by atoms with van der Waals surface area (Å²) in [6.07, 6.45) is 4.57. The molecule has 0 bridgehead atoms. The zero-order valence-corrected chi connectivity index (χ0v) is 16.9. The van der Waals surface area contributed by atoms with Crippen molar-refractivity contribution in [3.63, 3.8) is 0 Å². The summed E-state index contributed by atoms with van der Waals surface area (Å²) < 4.78 is 25.7. The number of amides is 1. The third kappa shape index (κ3) is 4.94. The summed E-state index contributed by atoms with van der Waals surface area (Å²) in [5, 5.41) is 12.9. The van der Waals surface area contributed by atoms with Gasteiger partial charge in [-0.15, -0.1) is 0 Å². The minimum absolute atomic E-state index is 0.108. The van der Waals surface area contributed by atoms with Crippen LogP contribution >= 0.6 is 0 Å². The first-order valence-electron chi connectivity index (χ1n) is 9.10. The Labute approximate surface area is 173 Å². The van der Waals surface area contributed by atoms with E-state index in [4.69, 9.17) is 0 Å². The number of H-pyrrole nitrogens is 1. The summed E-state index contributed by atoms with van der Waals surface area (Å²) in [5.41, 5.74) is 2.29. The van der Waals surface area contributed by atoms with Gasteiger partial charge in [-0.1, -0.05) is 30.3 Å². The molecule has 4 N–H and O–H groups in total. The van der Waals surface area contributed by atoms with Gasteiger partial charge < -0.3 is 15.4 Å². The number of fused-ring (bicyclic) bond motifs is 1. The van der Waals surface area contributed by atoms with Crippen molar-refractivity contribution in [2.75, 3.05) is 7.05 Å². The summed E-state index contributed by atoms with van der Waals surface area (Å²) in [4.78, 5) is 27.0. The van der Waals surface area contributed by atoms with Crippen LogP contribution in [0.15, 0.2) is 65.7 Å². The molecule has 1 atom stereocenters. The van der Waals surface area contributed by atoms with Crippen LogP contribution in [0.4, 0.5) is 0 Å². The molecule has 0 saturated heterocycles. The molecule has 0 spiro atoms. The first kappa shape index (κ1) is 21.3. The van der Waals surface area contributed by atoms with Crippen LogP contribution in [-0.2, 0) is 26.0 Å². The van der Waals surface area contributed by atoms with E-state index in [-0.39, 0.29) is 11.3 Å². The molecule has 1 unspecified atom stereocenters. The molecule has 0 fully saturated rings. The maximum absolute atomic E-state index is 12.2. The highest BCUT2D eigenvalue weighted by Crippen LogP contribution is 2.19. The van der Waals surface area contributed by atoms with Crippen molar-refractivity contribution in [2.45, 2.75) is 17.4 Å². The lowest BCUT2D eigenvalue weighted by molar-refractivity contribution is -0.141. The SMILES string of the molecule is CNS(=O)(=O)c1ccc(/C=C/C(=O)NC(Cc2c[nH]c3ccccc23)C(=O)O)cc1. The number of aromatic nitrogens is 1. The molecule has 1 aromatic heterocycles. The fourth-order valence-corrected chi connectivity index (χ4v) is 3.72. The number of para-hydroxylation sites is 1. The molecular weight excluding hydrogens is 406 g/mol. The molecule has 0 aliphatic heterocycles. The van der Waals surface area contributed by atoms with Gasteiger partial charge in [-0.2, -0.15) is 0 Å². The van der Waals surface area contributed by atoms with E-state index in [1.165, 1.54) is 31.3 Å². The normalized spacial score (nSPS) is 12.8. The van der Waals surface area contributed by atoms with Crippen molar-refractivity contribution in [3.05, 3.63) is 71.9 Å². The largest absolute Gasteiger partial charge is 0.480 e. The molecule has 8 nitrogen and oxygen atoms in total. The van der Waals surface area contributed by atoms with E-state index in [1.807, 2.05) is 24.3 Å². The fraction of sp³-hybridized carbons (Fsp3) is 0.143. The molecule has 30 heavy (non-hydrogen) atoms. The number of nitrogens with one attached hydrogen (secondary N) is 3. The molecule has 2 aromatic carbocycles. The number of sulfonamides is 1. The van der Waals surface area contributed by atoms with Gasteiger partial charge in [-0.25, -0.2) is 17.9 Å². The van der Waals surface area contributed by atoms with Crippen LogP contribution in [0.1, 0.15) is 11.1 Å². The van der Waals surface area contributed by atoms with Crippen LogP contribution in [0.3, 0.4) is 0 Å². The fourth-order valence-electron chi connectivity index (χ4n) is 2.99. The van der Waals surface area contributed by atoms with Gasteiger partial charge in [0.05, 0.1) is 4.90 Å². The molecule has 1 heterocycles. The molecule has 1 amide bonds. The van der Waals surface area contributed by atoms with Crippen LogP contribution in [-0.4, -0.2) is 43.5 Å². The Balaban J connectivity index is 1.67. The first-order chi connectivity index (χ1) is 14.3. The maximum atomic E-state index is 12.2. The summed E-state index contributed by atoms with van der Waals surface area (Å²) in [7, 11) is -2.21. The van der Waals surface area contributed by atoms with E-state index in [0.29, 0.717) is 5.56 Å². The van der Waals surface area contributed by atoms with E-state index >= 15 is 0 Å². The number of carboxylic acids is 1. The summed E-state index contributed by atoms with van der Waals surface area (Å²) >= 11 is 0. The number of aliphatic carboxylic acids is 1. The number of carbonyl (C=O) groups is 2. The molecular formula is C21H21N3O5S. The molecule has 0 radical (unpaired) electrons. The highest BCUT2D eigenvalue weighted by Gasteiger charge is 2.21. The van der Waals surface area contributed by atoms with Gasteiger partial charge >= 0.3 is 5.97 Å². The minimum Gasteiger partial charge on any atom is -0.480 e. The van der Waals surface area contributed by atoms with Crippen LogP contribution < -0.4 is 10.0 Å². The number of hydrogen-bond donors (Lipinski definition) is 4. The molecule has 156 valence electrons. The standard InChI is InChI=1S/C21H21N3O5S/c1-22-30(28,29)16-9-6-14(7-10-16)8-11-20(25)24-19(21(26)27)12-15-13-23-18-5-3-2-4-17(15)18/h2-11,13,19,22-23H,12H2,1H3,(H,24,25)(H,26,27)/b11-8+. The lowest BCUT2D eigenvalue weighted by Crippen LogP contribution is -2.41. The predicted octanol–water partition coefficient (Wildman–Crippen LogP) is 1.90. The highest BCUT2D eigenvalue weighted by atomic mass is 32.2. The third-order valence-corrected chi connectivity index (χ3v) is 6.03. The Kier molecular flexibility index (Phi) is 6.34. The monoisotopic (exact) mass is 427 g/mol. The molecule has 0 saturated carbocycles. The zero-order valence-electron chi connectivity index (χ0n) is 16.1. The van der Waals surface area contributed by atoms with Crippen molar-refractivity contribution in [3.8, 4) is 0 Å². The lowest BCUT2D eigenvalue weighted by atomic mass is 10.0. The Morgan fingerprint density at radius 3 is 2.50 bits per heavy atom. The highest BCUT2D eigenvalue weighted by molar-refractivity contribution is 7.89. The zero-order chi connectivity index (χ0) is 21.7. The quantitative estimate of drug-likeness (QED) is 0.408. The number of carbonyl (C=O) groups excluding carboxylic acids is 1. The smallest absolute Gasteiger partial charge is 0.326 e. The minimum atomic E-state index is -3.53. The second-order valence-electron chi connectivity index (χ2n) is 6.57. The van der Waals surface area contributed by atoms with E-state index in [1.54, 1.807) is 18.3 Å². The molecule has 9 heteroatoms. The first-order valence-corrected chi connectivity index (χ1v) is 10.6. The number of carboxylic acid groups (broad SMARTS) is 1. The Bertz CT molecular complexity index is 1200. The predicted molar refractivity (Wildman–Crippen MR) is 113 cm³/mol. The van der Waals surface area contributed by atoms with Crippen molar-refractivity contribution in [2.24, 2.45) is 0 Å². The van der Waals surface area contributed by atoms with E-state index in [9.17, 15) is 23.1 Å². The van der Waals surface area contributed by atoms with Crippen molar-refractivity contribution in [1.82, 2.24) is 15.0 Å². The molecule has 0 aliphatic rings. The van der Waals surface area contributed by atoms with Crippen LogP contribution in [0.5, 0.6) is 0 Å². The summed E-state index contributed by atoms with van der Waals surface area (Å²) in [6, 6.07) is 12.4. The molecule has 0 aliphatic carbocycles. The van der Waals surface area contributed by atoms with Gasteiger partial charge in [0.2, 0.25) is 15.9 Å². The number of aromatic amines is 1. The van der Waals surface area contributed by atoms with Crippen LogP contribution in [0, 0.1) is 0 Å².